The molecule has 1 aliphatic carbocycles. The fourth-order valence-corrected chi connectivity index (χ4v) is 3.05. The predicted octanol–water partition coefficient (Wildman–Crippen LogP) is 3.45. The van der Waals surface area contributed by atoms with Crippen LogP contribution >= 0.6 is 0 Å². The van der Waals surface area contributed by atoms with Crippen LogP contribution in [0.4, 0.5) is 5.69 Å². The van der Waals surface area contributed by atoms with Crippen LogP contribution in [0.15, 0.2) is 18.2 Å². The second-order valence-electron chi connectivity index (χ2n) is 5.77. The van der Waals surface area contributed by atoms with E-state index in [-0.39, 0.29) is 13.2 Å². The largest absolute Gasteiger partial charge is 0.493 e. The maximum Gasteiger partial charge on any atom is 0.163 e. The quantitative estimate of drug-likeness (QED) is 0.808. The van der Waals surface area contributed by atoms with E-state index in [1.54, 1.807) is 7.11 Å². The summed E-state index contributed by atoms with van der Waals surface area (Å²) in [5.74, 6) is 2.12. The second kappa shape index (κ2) is 8.13. The molecule has 1 aromatic rings. The first kappa shape index (κ1) is 16.0. The van der Waals surface area contributed by atoms with Gasteiger partial charge < -0.3 is 19.9 Å². The molecule has 0 saturated heterocycles. The Hall–Kier alpha value is -1.42. The summed E-state index contributed by atoms with van der Waals surface area (Å²) < 4.78 is 10.8. The van der Waals surface area contributed by atoms with Crippen molar-refractivity contribution >= 4 is 5.69 Å². The molecule has 0 aliphatic heterocycles. The number of aliphatic hydroxyl groups is 1. The van der Waals surface area contributed by atoms with Gasteiger partial charge in [-0.2, -0.15) is 0 Å². The van der Waals surface area contributed by atoms with Crippen molar-refractivity contribution in [1.29, 1.82) is 0 Å². The maximum absolute atomic E-state index is 8.89. The van der Waals surface area contributed by atoms with Crippen molar-refractivity contribution < 1.29 is 14.6 Å². The third-order valence-electron chi connectivity index (χ3n) is 4.26. The van der Waals surface area contributed by atoms with Gasteiger partial charge in [-0.1, -0.05) is 19.3 Å². The Morgan fingerprint density at radius 3 is 2.67 bits per heavy atom. The molecular weight excluding hydrogens is 266 g/mol. The lowest BCUT2D eigenvalue weighted by Gasteiger charge is -2.29. The Balaban J connectivity index is 2.01. The molecule has 0 spiro atoms. The summed E-state index contributed by atoms with van der Waals surface area (Å²) in [5, 5.41) is 12.5. The van der Waals surface area contributed by atoms with Crippen molar-refractivity contribution in [2.24, 2.45) is 5.92 Å². The van der Waals surface area contributed by atoms with Crippen LogP contribution in [0.3, 0.4) is 0 Å². The molecule has 1 fully saturated rings. The number of nitrogens with one attached hydrogen (secondary N) is 1. The van der Waals surface area contributed by atoms with Gasteiger partial charge in [0.05, 0.1) is 13.7 Å². The lowest BCUT2D eigenvalue weighted by atomic mass is 9.84. The standard InChI is InChI=1S/C17H27NO3/c1-13(14-6-4-3-5-7-14)18-15-8-9-16(20-2)17(12-15)21-11-10-19/h8-9,12-14,18-19H,3-7,10-11H2,1-2H3. The molecule has 2 rings (SSSR count). The number of ether oxygens (including phenoxy) is 2. The number of benzene rings is 1. The van der Waals surface area contributed by atoms with Gasteiger partial charge >= 0.3 is 0 Å². The van der Waals surface area contributed by atoms with Gasteiger partial charge in [-0.05, 0) is 37.8 Å². The maximum atomic E-state index is 8.89. The molecule has 0 radical (unpaired) electrons. The molecule has 1 aromatic carbocycles. The van der Waals surface area contributed by atoms with Crippen LogP contribution in [0, 0.1) is 5.92 Å². The number of hydrogen-bond donors (Lipinski definition) is 2. The molecule has 1 aliphatic rings. The van der Waals surface area contributed by atoms with E-state index < -0.39 is 0 Å². The van der Waals surface area contributed by atoms with Crippen molar-refractivity contribution in [3.8, 4) is 11.5 Å². The van der Waals surface area contributed by atoms with Crippen LogP contribution in [0.5, 0.6) is 11.5 Å². The van der Waals surface area contributed by atoms with Crippen molar-refractivity contribution in [2.75, 3.05) is 25.6 Å². The zero-order chi connectivity index (χ0) is 15.1. The van der Waals surface area contributed by atoms with Crippen LogP contribution in [0.25, 0.3) is 0 Å². The summed E-state index contributed by atoms with van der Waals surface area (Å²) in [6, 6.07) is 6.34. The zero-order valence-corrected chi connectivity index (χ0v) is 13.1. The van der Waals surface area contributed by atoms with Crippen LogP contribution in [-0.4, -0.2) is 31.5 Å². The molecule has 1 saturated carbocycles. The number of methoxy groups -OCH3 is 1. The number of aliphatic hydroxyl groups excluding tert-OH is 1. The van der Waals surface area contributed by atoms with Gasteiger partial charge in [-0.15, -0.1) is 0 Å². The third-order valence-corrected chi connectivity index (χ3v) is 4.26. The summed E-state index contributed by atoms with van der Waals surface area (Å²) in [5.41, 5.74) is 1.04. The third kappa shape index (κ3) is 4.53. The summed E-state index contributed by atoms with van der Waals surface area (Å²) in [6.45, 7) is 2.53. The average Bonchev–Trinajstić information content (AvgIpc) is 2.54. The Labute approximate surface area is 127 Å². The summed E-state index contributed by atoms with van der Waals surface area (Å²) >= 11 is 0. The molecule has 0 amide bonds. The number of rotatable bonds is 7. The summed E-state index contributed by atoms with van der Waals surface area (Å²) in [4.78, 5) is 0. The van der Waals surface area contributed by atoms with Gasteiger partial charge in [0.25, 0.3) is 0 Å². The SMILES string of the molecule is COc1ccc(NC(C)C2CCCCC2)cc1OCCO. The van der Waals surface area contributed by atoms with Gasteiger partial charge in [0.15, 0.2) is 11.5 Å². The average molecular weight is 293 g/mol. The van der Waals surface area contributed by atoms with Crippen molar-refractivity contribution in [2.45, 2.75) is 45.1 Å². The van der Waals surface area contributed by atoms with E-state index in [4.69, 9.17) is 14.6 Å². The van der Waals surface area contributed by atoms with Gasteiger partial charge in [0.2, 0.25) is 0 Å². The highest BCUT2D eigenvalue weighted by atomic mass is 16.5. The van der Waals surface area contributed by atoms with E-state index >= 15 is 0 Å². The van der Waals surface area contributed by atoms with Crippen LogP contribution in [0.2, 0.25) is 0 Å². The lowest BCUT2D eigenvalue weighted by molar-refractivity contribution is 0.196. The highest BCUT2D eigenvalue weighted by Crippen LogP contribution is 2.32. The molecule has 21 heavy (non-hydrogen) atoms. The fourth-order valence-electron chi connectivity index (χ4n) is 3.05. The predicted molar refractivity (Wildman–Crippen MR) is 85.2 cm³/mol. The van der Waals surface area contributed by atoms with Gasteiger partial charge in [0, 0.05) is 17.8 Å². The monoisotopic (exact) mass is 293 g/mol. The summed E-state index contributed by atoms with van der Waals surface area (Å²) in [6.07, 6.45) is 6.72. The Morgan fingerprint density at radius 2 is 2.00 bits per heavy atom. The smallest absolute Gasteiger partial charge is 0.163 e. The van der Waals surface area contributed by atoms with Crippen LogP contribution in [0.1, 0.15) is 39.0 Å². The van der Waals surface area contributed by atoms with Crippen molar-refractivity contribution in [1.82, 2.24) is 0 Å². The lowest BCUT2D eigenvalue weighted by Crippen LogP contribution is -2.27. The van der Waals surface area contributed by atoms with E-state index in [9.17, 15) is 0 Å². The van der Waals surface area contributed by atoms with E-state index in [1.165, 1.54) is 32.1 Å². The van der Waals surface area contributed by atoms with Gasteiger partial charge in [-0.3, -0.25) is 0 Å². The Bertz CT molecular complexity index is 430. The van der Waals surface area contributed by atoms with Crippen molar-refractivity contribution in [3.05, 3.63) is 18.2 Å². The topological polar surface area (TPSA) is 50.7 Å². The highest BCUT2D eigenvalue weighted by molar-refractivity contribution is 5.55. The molecule has 118 valence electrons. The first-order valence-electron chi connectivity index (χ1n) is 7.93. The van der Waals surface area contributed by atoms with E-state index in [1.807, 2.05) is 18.2 Å². The van der Waals surface area contributed by atoms with Gasteiger partial charge in [0.1, 0.15) is 6.61 Å². The van der Waals surface area contributed by atoms with Crippen LogP contribution < -0.4 is 14.8 Å². The van der Waals surface area contributed by atoms with E-state index in [0.29, 0.717) is 17.5 Å². The Morgan fingerprint density at radius 1 is 1.24 bits per heavy atom. The minimum absolute atomic E-state index is 0.000707. The van der Waals surface area contributed by atoms with Crippen molar-refractivity contribution in [3.63, 3.8) is 0 Å². The molecule has 0 heterocycles. The molecule has 4 heteroatoms. The van der Waals surface area contributed by atoms with E-state index in [0.717, 1.165) is 11.6 Å². The first-order valence-corrected chi connectivity index (χ1v) is 7.93. The molecule has 0 bridgehead atoms. The molecule has 0 aromatic heterocycles. The highest BCUT2D eigenvalue weighted by Gasteiger charge is 2.20. The van der Waals surface area contributed by atoms with E-state index in [2.05, 4.69) is 12.2 Å². The minimum Gasteiger partial charge on any atom is -0.493 e. The first-order chi connectivity index (χ1) is 10.2. The summed E-state index contributed by atoms with van der Waals surface area (Å²) in [7, 11) is 1.62. The molecule has 1 atom stereocenters. The molecule has 1 unspecified atom stereocenters. The zero-order valence-electron chi connectivity index (χ0n) is 13.1. The minimum atomic E-state index is -0.000707. The Kier molecular flexibility index (Phi) is 6.18. The second-order valence-corrected chi connectivity index (χ2v) is 5.77. The fraction of sp³-hybridized carbons (Fsp3) is 0.647. The van der Waals surface area contributed by atoms with Crippen LogP contribution in [-0.2, 0) is 0 Å². The normalized spacial score (nSPS) is 17.3. The number of anilines is 1. The molecule has 4 nitrogen and oxygen atoms in total. The molecular formula is C17H27NO3. The molecule has 2 N–H and O–H groups in total. The number of hydrogen-bond acceptors (Lipinski definition) is 4. The van der Waals surface area contributed by atoms with Gasteiger partial charge in [-0.25, -0.2) is 0 Å².